The summed E-state index contributed by atoms with van der Waals surface area (Å²) in [6.07, 6.45) is 5.02. The van der Waals surface area contributed by atoms with Crippen molar-refractivity contribution in [2.75, 3.05) is 19.6 Å². The van der Waals surface area contributed by atoms with Crippen LogP contribution in [0, 0.1) is 11.8 Å². The first kappa shape index (κ1) is 27.0. The molecule has 0 fully saturated rings. The van der Waals surface area contributed by atoms with Gasteiger partial charge < -0.3 is 20.7 Å². The molecule has 0 saturated heterocycles. The highest BCUT2D eigenvalue weighted by atomic mass is 16.6. The molecule has 0 saturated carbocycles. The molecule has 1 aliphatic rings. The minimum Gasteiger partial charge on any atom is -0.444 e. The van der Waals surface area contributed by atoms with Crippen LogP contribution < -0.4 is 11.1 Å². The molecule has 1 aliphatic heterocycles. The van der Waals surface area contributed by atoms with Gasteiger partial charge in [0.05, 0.1) is 5.69 Å². The number of nitrogens with two attached hydrogens (primary N) is 1. The molecule has 0 unspecified atom stereocenters. The average molecular weight is 467 g/mol. The number of unbranched alkanes of at least 4 members (excludes halogenated alkanes) is 1. The van der Waals surface area contributed by atoms with E-state index in [1.807, 2.05) is 49.9 Å². The van der Waals surface area contributed by atoms with Gasteiger partial charge in [0.2, 0.25) is 5.91 Å². The van der Waals surface area contributed by atoms with E-state index in [2.05, 4.69) is 36.0 Å². The van der Waals surface area contributed by atoms with Crippen LogP contribution >= 0.6 is 0 Å². The highest BCUT2D eigenvalue weighted by Crippen LogP contribution is 2.28. The van der Waals surface area contributed by atoms with Crippen molar-refractivity contribution in [3.63, 3.8) is 0 Å². The van der Waals surface area contributed by atoms with Gasteiger partial charge in [-0.2, -0.15) is 0 Å². The Bertz CT molecular complexity index is 987. The minimum atomic E-state index is -0.505. The molecule has 1 aromatic carbocycles. The fraction of sp³-hybridized carbons (Fsp3) is 0.519. The van der Waals surface area contributed by atoms with Gasteiger partial charge >= 0.3 is 6.09 Å². The van der Waals surface area contributed by atoms with E-state index in [9.17, 15) is 9.59 Å². The Hall–Kier alpha value is -3.27. The number of aliphatic imine (C=N–C) groups is 1. The first-order chi connectivity index (χ1) is 16.1. The average Bonchev–Trinajstić information content (AvgIpc) is 2.91. The number of amides is 2. The van der Waals surface area contributed by atoms with Crippen LogP contribution in [0.1, 0.15) is 77.8 Å². The van der Waals surface area contributed by atoms with Gasteiger partial charge in [0.15, 0.2) is 0 Å². The number of amidine groups is 1. The van der Waals surface area contributed by atoms with Crippen molar-refractivity contribution >= 4 is 29.6 Å². The molecule has 7 nitrogen and oxygen atoms in total. The normalized spacial score (nSPS) is 12.9. The quantitative estimate of drug-likeness (QED) is 0.426. The second-order valence-electron chi connectivity index (χ2n) is 9.35. The van der Waals surface area contributed by atoms with Crippen LogP contribution in [0.2, 0.25) is 0 Å². The molecule has 34 heavy (non-hydrogen) atoms. The summed E-state index contributed by atoms with van der Waals surface area (Å²) in [4.78, 5) is 31.2. The number of nitrogens with one attached hydrogen (secondary N) is 1. The molecule has 7 heteroatoms. The summed E-state index contributed by atoms with van der Waals surface area (Å²) in [5.74, 6) is 6.72. The molecule has 2 rings (SSSR count). The Kier molecular flexibility index (Phi) is 10.2. The van der Waals surface area contributed by atoms with E-state index in [0.29, 0.717) is 30.8 Å². The summed E-state index contributed by atoms with van der Waals surface area (Å²) in [5.41, 5.74) is 8.73. The van der Waals surface area contributed by atoms with Crippen molar-refractivity contribution in [2.24, 2.45) is 10.7 Å². The number of benzene rings is 1. The molecule has 0 bridgehead atoms. The van der Waals surface area contributed by atoms with E-state index < -0.39 is 11.7 Å². The number of carbonyl (C=O) groups excluding carboxylic acids is 2. The van der Waals surface area contributed by atoms with Gasteiger partial charge in [0.25, 0.3) is 0 Å². The first-order valence-corrected chi connectivity index (χ1v) is 12.1. The van der Waals surface area contributed by atoms with E-state index in [1.165, 1.54) is 0 Å². The van der Waals surface area contributed by atoms with Gasteiger partial charge in [-0.15, -0.1) is 0 Å². The SMILES string of the molecule is CCCN(CCC)C(=O)C1=Cc2ccc(C#CCCCNC(=O)OC(C)(C)C)cc2N=C(N)C1. The van der Waals surface area contributed by atoms with E-state index in [1.54, 1.807) is 0 Å². The van der Waals surface area contributed by atoms with E-state index in [0.717, 1.165) is 49.2 Å². The number of carbonyl (C=O) groups is 2. The van der Waals surface area contributed by atoms with Gasteiger partial charge in [0, 0.05) is 49.2 Å². The molecule has 0 aromatic heterocycles. The molecular formula is C27H38N4O3. The maximum absolute atomic E-state index is 13.1. The Morgan fingerprint density at radius 3 is 2.56 bits per heavy atom. The maximum atomic E-state index is 13.1. The van der Waals surface area contributed by atoms with Crippen molar-refractivity contribution in [3.05, 3.63) is 34.9 Å². The van der Waals surface area contributed by atoms with Crippen LogP contribution in [-0.4, -0.2) is 48.0 Å². The molecule has 3 N–H and O–H groups in total. The summed E-state index contributed by atoms with van der Waals surface area (Å²) in [7, 11) is 0. The number of hydrogen-bond donors (Lipinski definition) is 2. The van der Waals surface area contributed by atoms with Crippen molar-refractivity contribution in [2.45, 2.75) is 72.3 Å². The van der Waals surface area contributed by atoms with E-state index in [4.69, 9.17) is 10.5 Å². The Labute approximate surface area is 203 Å². The van der Waals surface area contributed by atoms with Crippen LogP contribution in [0.3, 0.4) is 0 Å². The number of nitrogens with zero attached hydrogens (tertiary/aromatic N) is 2. The predicted octanol–water partition coefficient (Wildman–Crippen LogP) is 4.77. The molecule has 0 spiro atoms. The maximum Gasteiger partial charge on any atom is 0.407 e. The zero-order chi connectivity index (χ0) is 25.1. The molecule has 0 atom stereocenters. The molecule has 1 heterocycles. The van der Waals surface area contributed by atoms with E-state index >= 15 is 0 Å². The van der Waals surface area contributed by atoms with Gasteiger partial charge in [-0.3, -0.25) is 4.79 Å². The first-order valence-electron chi connectivity index (χ1n) is 12.1. The number of fused-ring (bicyclic) bond motifs is 1. The zero-order valence-electron chi connectivity index (χ0n) is 21.2. The number of rotatable bonds is 8. The highest BCUT2D eigenvalue weighted by molar-refractivity contribution is 6.05. The molecule has 0 aliphatic carbocycles. The van der Waals surface area contributed by atoms with Crippen molar-refractivity contribution in [3.8, 4) is 11.8 Å². The second kappa shape index (κ2) is 12.8. The van der Waals surface area contributed by atoms with Gasteiger partial charge in [-0.25, -0.2) is 9.79 Å². The second-order valence-corrected chi connectivity index (χ2v) is 9.35. The third-order valence-corrected chi connectivity index (χ3v) is 4.92. The standard InChI is InChI=1S/C27H38N4O3/c1-6-15-31(16-7-2)25(32)22-18-21-13-12-20(17-23(21)30-24(28)19-22)11-9-8-10-14-29-26(33)34-27(3,4)5/h12-13,17-18H,6-8,10,14-16,19H2,1-5H3,(H2,28,30)(H,29,33). The van der Waals surface area contributed by atoms with E-state index in [-0.39, 0.29) is 5.91 Å². The lowest BCUT2D eigenvalue weighted by atomic mass is 10.0. The molecule has 2 amide bonds. The fourth-order valence-electron chi connectivity index (χ4n) is 3.51. The van der Waals surface area contributed by atoms with Gasteiger partial charge in [-0.05, 0) is 58.2 Å². The Balaban J connectivity index is 2.03. The number of alkyl carbamates (subject to hydrolysis) is 1. The monoisotopic (exact) mass is 466 g/mol. The molecular weight excluding hydrogens is 428 g/mol. The summed E-state index contributed by atoms with van der Waals surface area (Å²) in [5, 5.41) is 2.73. The van der Waals surface area contributed by atoms with Crippen LogP contribution in [-0.2, 0) is 9.53 Å². The lowest BCUT2D eigenvalue weighted by Gasteiger charge is -2.22. The van der Waals surface area contributed by atoms with Gasteiger partial charge in [0.1, 0.15) is 11.4 Å². The topological polar surface area (TPSA) is 97.0 Å². The lowest BCUT2D eigenvalue weighted by Crippen LogP contribution is -2.34. The highest BCUT2D eigenvalue weighted by Gasteiger charge is 2.21. The summed E-state index contributed by atoms with van der Waals surface area (Å²) >= 11 is 0. The third kappa shape index (κ3) is 8.93. The summed E-state index contributed by atoms with van der Waals surface area (Å²) < 4.78 is 5.21. The molecule has 1 aromatic rings. The van der Waals surface area contributed by atoms with Crippen molar-refractivity contribution in [1.82, 2.24) is 10.2 Å². The van der Waals surface area contributed by atoms with Gasteiger partial charge in [-0.1, -0.05) is 31.8 Å². The Morgan fingerprint density at radius 2 is 1.91 bits per heavy atom. The Morgan fingerprint density at radius 1 is 1.21 bits per heavy atom. The summed E-state index contributed by atoms with van der Waals surface area (Å²) in [6.45, 7) is 11.6. The fourth-order valence-corrected chi connectivity index (χ4v) is 3.51. The number of ether oxygens (including phenoxy) is 1. The number of hydrogen-bond acceptors (Lipinski definition) is 5. The van der Waals surface area contributed by atoms with Crippen molar-refractivity contribution < 1.29 is 14.3 Å². The van der Waals surface area contributed by atoms with Crippen molar-refractivity contribution in [1.29, 1.82) is 0 Å². The van der Waals surface area contributed by atoms with Crippen LogP contribution in [0.4, 0.5) is 10.5 Å². The lowest BCUT2D eigenvalue weighted by molar-refractivity contribution is -0.127. The third-order valence-electron chi connectivity index (χ3n) is 4.92. The molecule has 0 radical (unpaired) electrons. The predicted molar refractivity (Wildman–Crippen MR) is 138 cm³/mol. The smallest absolute Gasteiger partial charge is 0.407 e. The molecule has 184 valence electrons. The van der Waals surface area contributed by atoms with Crippen LogP contribution in [0.25, 0.3) is 6.08 Å². The largest absolute Gasteiger partial charge is 0.444 e. The van der Waals surface area contributed by atoms with Crippen LogP contribution in [0.15, 0.2) is 28.8 Å². The van der Waals surface area contributed by atoms with Crippen LogP contribution in [0.5, 0.6) is 0 Å². The summed E-state index contributed by atoms with van der Waals surface area (Å²) in [6, 6.07) is 5.76. The zero-order valence-corrected chi connectivity index (χ0v) is 21.2. The minimum absolute atomic E-state index is 0.0264.